The van der Waals surface area contributed by atoms with Gasteiger partial charge in [-0.15, -0.1) is 24.8 Å². The predicted molar refractivity (Wildman–Crippen MR) is 81.0 cm³/mol. The third-order valence-electron chi connectivity index (χ3n) is 3.00. The molecule has 0 bridgehead atoms. The summed E-state index contributed by atoms with van der Waals surface area (Å²) >= 11 is 0. The van der Waals surface area contributed by atoms with Gasteiger partial charge in [0.25, 0.3) is 0 Å². The Morgan fingerprint density at radius 2 is 1.78 bits per heavy atom. The summed E-state index contributed by atoms with van der Waals surface area (Å²) in [5.41, 5.74) is 0. The summed E-state index contributed by atoms with van der Waals surface area (Å²) in [7, 11) is 1.91. The molecular formula is C12H27Cl2N3O. The van der Waals surface area contributed by atoms with Gasteiger partial charge < -0.3 is 15.5 Å². The van der Waals surface area contributed by atoms with Crippen molar-refractivity contribution in [2.45, 2.75) is 32.1 Å². The SMILES string of the molecule is CNCCCC(=O)NCCCN1CCCC1.Cl.Cl. The molecule has 0 spiro atoms. The Kier molecular flexibility index (Phi) is 15.1. The number of carbonyl (C=O) groups excluding carboxylic acids is 1. The first-order valence-electron chi connectivity index (χ1n) is 6.46. The minimum atomic E-state index is 0. The first-order valence-corrected chi connectivity index (χ1v) is 6.46. The van der Waals surface area contributed by atoms with Gasteiger partial charge in [-0.25, -0.2) is 0 Å². The second-order valence-corrected chi connectivity index (χ2v) is 4.46. The quantitative estimate of drug-likeness (QED) is 0.667. The fourth-order valence-corrected chi connectivity index (χ4v) is 2.05. The van der Waals surface area contributed by atoms with Crippen molar-refractivity contribution >= 4 is 30.7 Å². The van der Waals surface area contributed by atoms with E-state index in [1.807, 2.05) is 7.05 Å². The van der Waals surface area contributed by atoms with E-state index in [2.05, 4.69) is 15.5 Å². The molecule has 0 aliphatic carbocycles. The molecule has 0 aromatic carbocycles. The van der Waals surface area contributed by atoms with Gasteiger partial charge in [0.15, 0.2) is 0 Å². The topological polar surface area (TPSA) is 44.4 Å². The number of nitrogens with zero attached hydrogens (tertiary/aromatic N) is 1. The number of hydrogen-bond acceptors (Lipinski definition) is 3. The molecule has 6 heteroatoms. The van der Waals surface area contributed by atoms with Crippen LogP contribution >= 0.6 is 24.8 Å². The summed E-state index contributed by atoms with van der Waals surface area (Å²) in [6.45, 7) is 5.37. The fraction of sp³-hybridized carbons (Fsp3) is 0.917. The van der Waals surface area contributed by atoms with Gasteiger partial charge in [0.05, 0.1) is 0 Å². The Morgan fingerprint density at radius 1 is 1.11 bits per heavy atom. The number of carbonyl (C=O) groups is 1. The number of amides is 1. The lowest BCUT2D eigenvalue weighted by Crippen LogP contribution is -2.28. The number of rotatable bonds is 8. The van der Waals surface area contributed by atoms with Gasteiger partial charge in [0, 0.05) is 13.0 Å². The Labute approximate surface area is 123 Å². The lowest BCUT2D eigenvalue weighted by Gasteiger charge is -2.14. The smallest absolute Gasteiger partial charge is 0.220 e. The van der Waals surface area contributed by atoms with Crippen LogP contribution in [0, 0.1) is 0 Å². The van der Waals surface area contributed by atoms with E-state index in [9.17, 15) is 4.79 Å². The molecule has 1 aliphatic heterocycles. The van der Waals surface area contributed by atoms with Crippen LogP contribution in [0.5, 0.6) is 0 Å². The highest BCUT2D eigenvalue weighted by atomic mass is 35.5. The van der Waals surface area contributed by atoms with Gasteiger partial charge in [-0.05, 0) is 58.9 Å². The molecule has 0 unspecified atom stereocenters. The lowest BCUT2D eigenvalue weighted by atomic mass is 10.3. The molecule has 18 heavy (non-hydrogen) atoms. The highest BCUT2D eigenvalue weighted by Crippen LogP contribution is 2.06. The molecule has 1 aliphatic rings. The van der Waals surface area contributed by atoms with Crippen molar-refractivity contribution in [1.82, 2.24) is 15.5 Å². The highest BCUT2D eigenvalue weighted by Gasteiger charge is 2.10. The molecule has 0 saturated carbocycles. The third kappa shape index (κ3) is 9.95. The Bertz CT molecular complexity index is 200. The number of likely N-dealkylation sites (tertiary alicyclic amines) is 1. The summed E-state index contributed by atoms with van der Waals surface area (Å²) in [4.78, 5) is 13.8. The van der Waals surface area contributed by atoms with E-state index < -0.39 is 0 Å². The van der Waals surface area contributed by atoms with Gasteiger partial charge in [0.1, 0.15) is 0 Å². The number of hydrogen-bond donors (Lipinski definition) is 2. The normalized spacial score (nSPS) is 14.7. The molecule has 0 aromatic rings. The van der Waals surface area contributed by atoms with E-state index >= 15 is 0 Å². The van der Waals surface area contributed by atoms with Gasteiger partial charge in [0.2, 0.25) is 5.91 Å². The molecule has 1 amide bonds. The van der Waals surface area contributed by atoms with Gasteiger partial charge in [-0.2, -0.15) is 0 Å². The van der Waals surface area contributed by atoms with E-state index in [4.69, 9.17) is 0 Å². The molecular weight excluding hydrogens is 273 g/mol. The van der Waals surface area contributed by atoms with Gasteiger partial charge in [-0.1, -0.05) is 0 Å². The molecule has 110 valence electrons. The van der Waals surface area contributed by atoms with Crippen LogP contribution in [-0.4, -0.2) is 50.6 Å². The van der Waals surface area contributed by atoms with Crippen LogP contribution in [0.3, 0.4) is 0 Å². The van der Waals surface area contributed by atoms with Crippen LogP contribution in [0.1, 0.15) is 32.1 Å². The molecule has 1 rings (SSSR count). The van der Waals surface area contributed by atoms with Crippen molar-refractivity contribution < 1.29 is 4.79 Å². The lowest BCUT2D eigenvalue weighted by molar-refractivity contribution is -0.121. The molecule has 1 fully saturated rings. The second kappa shape index (κ2) is 13.4. The van der Waals surface area contributed by atoms with Crippen LogP contribution < -0.4 is 10.6 Å². The molecule has 0 radical (unpaired) electrons. The Balaban J connectivity index is 0. The molecule has 0 atom stereocenters. The molecule has 0 aromatic heterocycles. The predicted octanol–water partition coefficient (Wildman–Crippen LogP) is 1.43. The van der Waals surface area contributed by atoms with Crippen molar-refractivity contribution in [3.63, 3.8) is 0 Å². The first-order chi connectivity index (χ1) is 7.83. The van der Waals surface area contributed by atoms with Gasteiger partial charge >= 0.3 is 0 Å². The van der Waals surface area contributed by atoms with E-state index in [-0.39, 0.29) is 30.7 Å². The van der Waals surface area contributed by atoms with Gasteiger partial charge in [-0.3, -0.25) is 4.79 Å². The number of nitrogens with one attached hydrogen (secondary N) is 2. The third-order valence-corrected chi connectivity index (χ3v) is 3.00. The van der Waals surface area contributed by atoms with E-state index in [0.29, 0.717) is 6.42 Å². The summed E-state index contributed by atoms with van der Waals surface area (Å²) in [5.74, 6) is 0.191. The zero-order valence-corrected chi connectivity index (χ0v) is 12.9. The average molecular weight is 300 g/mol. The zero-order valence-electron chi connectivity index (χ0n) is 11.2. The highest BCUT2D eigenvalue weighted by molar-refractivity contribution is 5.85. The fourth-order valence-electron chi connectivity index (χ4n) is 2.05. The Hall–Kier alpha value is -0.0300. The standard InChI is InChI=1S/C12H25N3O.2ClH/c1-13-7-4-6-12(16)14-8-5-11-15-9-2-3-10-15;;/h13H,2-11H2,1H3,(H,14,16);2*1H. The van der Waals surface area contributed by atoms with Crippen molar-refractivity contribution in [3.8, 4) is 0 Å². The molecule has 1 heterocycles. The summed E-state index contributed by atoms with van der Waals surface area (Å²) < 4.78 is 0. The molecule has 2 N–H and O–H groups in total. The van der Waals surface area contributed by atoms with E-state index in [1.54, 1.807) is 0 Å². The van der Waals surface area contributed by atoms with Crippen LogP contribution in [0.4, 0.5) is 0 Å². The second-order valence-electron chi connectivity index (χ2n) is 4.46. The largest absolute Gasteiger partial charge is 0.356 e. The summed E-state index contributed by atoms with van der Waals surface area (Å²) in [6.07, 6.45) is 5.34. The monoisotopic (exact) mass is 299 g/mol. The minimum absolute atomic E-state index is 0. The number of halogens is 2. The van der Waals surface area contributed by atoms with Crippen molar-refractivity contribution in [1.29, 1.82) is 0 Å². The van der Waals surface area contributed by atoms with Crippen LogP contribution in [0.2, 0.25) is 0 Å². The van der Waals surface area contributed by atoms with Crippen LogP contribution in [0.25, 0.3) is 0 Å². The van der Waals surface area contributed by atoms with Crippen molar-refractivity contribution in [2.24, 2.45) is 0 Å². The average Bonchev–Trinajstić information content (AvgIpc) is 2.78. The maximum absolute atomic E-state index is 11.4. The summed E-state index contributed by atoms with van der Waals surface area (Å²) in [5, 5.41) is 6.01. The zero-order chi connectivity index (χ0) is 11.6. The first kappa shape index (κ1) is 20.3. The van der Waals surface area contributed by atoms with Crippen LogP contribution in [0.15, 0.2) is 0 Å². The van der Waals surface area contributed by atoms with Crippen molar-refractivity contribution in [2.75, 3.05) is 39.8 Å². The van der Waals surface area contributed by atoms with E-state index in [1.165, 1.54) is 25.9 Å². The minimum Gasteiger partial charge on any atom is -0.356 e. The Morgan fingerprint density at radius 3 is 2.39 bits per heavy atom. The molecule has 1 saturated heterocycles. The molecule has 4 nitrogen and oxygen atoms in total. The van der Waals surface area contributed by atoms with Crippen LogP contribution in [-0.2, 0) is 4.79 Å². The summed E-state index contributed by atoms with van der Waals surface area (Å²) in [6, 6.07) is 0. The van der Waals surface area contributed by atoms with E-state index in [0.717, 1.165) is 32.5 Å². The maximum Gasteiger partial charge on any atom is 0.220 e. The van der Waals surface area contributed by atoms with Crippen molar-refractivity contribution in [3.05, 3.63) is 0 Å². The maximum atomic E-state index is 11.4.